The molecule has 1 amide bonds. The molecule has 7 heteroatoms. The van der Waals surface area contributed by atoms with E-state index in [2.05, 4.69) is 34.1 Å². The lowest BCUT2D eigenvalue weighted by Crippen LogP contribution is -2.35. The Morgan fingerprint density at radius 1 is 1.36 bits per heavy atom. The Bertz CT molecular complexity index is 566. The molecule has 0 radical (unpaired) electrons. The van der Waals surface area contributed by atoms with E-state index in [9.17, 15) is 9.90 Å². The minimum Gasteiger partial charge on any atom is -0.393 e. The highest BCUT2D eigenvalue weighted by Gasteiger charge is 2.25. The highest BCUT2D eigenvalue weighted by molar-refractivity contribution is 5.92. The van der Waals surface area contributed by atoms with Crippen molar-refractivity contribution in [3.8, 4) is 0 Å². The van der Waals surface area contributed by atoms with Crippen molar-refractivity contribution in [3.63, 3.8) is 0 Å². The number of aromatic nitrogens is 1. The average Bonchev–Trinajstić information content (AvgIpc) is 3.24. The summed E-state index contributed by atoms with van der Waals surface area (Å²) in [6, 6.07) is 2.30. The first kappa shape index (κ1) is 18.4. The van der Waals surface area contributed by atoms with E-state index >= 15 is 0 Å². The monoisotopic (exact) mass is 350 g/mol. The standard InChI is InChI=1S/C18H30N4O3/c1-13(2)22-8-3-14(11-22)10-19-18(24)17-9-16(25-20-17)12-21-6-4-15(23)5-7-21/h9,13-15,23H,3-8,10-12H2,1-2H3,(H,19,24)/t14-/m1/s1. The van der Waals surface area contributed by atoms with Gasteiger partial charge in [-0.25, -0.2) is 0 Å². The number of amides is 1. The van der Waals surface area contributed by atoms with Gasteiger partial charge in [-0.1, -0.05) is 5.16 Å². The number of carbonyl (C=O) groups excluding carboxylic acids is 1. The molecule has 1 aromatic rings. The van der Waals surface area contributed by atoms with Crippen LogP contribution in [0.15, 0.2) is 10.6 Å². The van der Waals surface area contributed by atoms with Gasteiger partial charge in [0, 0.05) is 38.3 Å². The first-order chi connectivity index (χ1) is 12.0. The quantitative estimate of drug-likeness (QED) is 0.799. The van der Waals surface area contributed by atoms with Gasteiger partial charge in [-0.05, 0) is 45.6 Å². The van der Waals surface area contributed by atoms with E-state index in [0.29, 0.717) is 36.5 Å². The largest absolute Gasteiger partial charge is 0.393 e. The van der Waals surface area contributed by atoms with Crippen LogP contribution in [0.25, 0.3) is 0 Å². The third kappa shape index (κ3) is 5.03. The van der Waals surface area contributed by atoms with Gasteiger partial charge in [-0.15, -0.1) is 0 Å². The minimum absolute atomic E-state index is 0.160. The number of likely N-dealkylation sites (tertiary alicyclic amines) is 2. The molecule has 3 heterocycles. The van der Waals surface area contributed by atoms with Gasteiger partial charge in [0.05, 0.1) is 12.6 Å². The summed E-state index contributed by atoms with van der Waals surface area (Å²) < 4.78 is 5.31. The molecule has 2 saturated heterocycles. The summed E-state index contributed by atoms with van der Waals surface area (Å²) in [4.78, 5) is 16.9. The molecule has 7 nitrogen and oxygen atoms in total. The third-order valence-corrected chi connectivity index (χ3v) is 5.33. The molecule has 0 spiro atoms. The molecule has 0 aromatic carbocycles. The molecule has 0 unspecified atom stereocenters. The van der Waals surface area contributed by atoms with Crippen molar-refractivity contribution in [2.75, 3.05) is 32.7 Å². The molecule has 140 valence electrons. The van der Waals surface area contributed by atoms with Crippen molar-refractivity contribution < 1.29 is 14.4 Å². The number of rotatable bonds is 6. The van der Waals surface area contributed by atoms with Crippen molar-refractivity contribution >= 4 is 5.91 Å². The average molecular weight is 350 g/mol. The van der Waals surface area contributed by atoms with Gasteiger partial charge in [-0.2, -0.15) is 0 Å². The summed E-state index contributed by atoms with van der Waals surface area (Å²) >= 11 is 0. The molecule has 2 aliphatic rings. The number of carbonyl (C=O) groups is 1. The van der Waals surface area contributed by atoms with E-state index in [1.165, 1.54) is 0 Å². The van der Waals surface area contributed by atoms with Crippen molar-refractivity contribution in [2.45, 2.75) is 51.8 Å². The minimum atomic E-state index is -0.186. The van der Waals surface area contributed by atoms with Gasteiger partial charge in [0.1, 0.15) is 0 Å². The summed E-state index contributed by atoms with van der Waals surface area (Å²) in [7, 11) is 0. The Morgan fingerprint density at radius 3 is 2.80 bits per heavy atom. The number of hydrogen-bond acceptors (Lipinski definition) is 6. The molecule has 2 N–H and O–H groups in total. The zero-order valence-corrected chi connectivity index (χ0v) is 15.3. The number of aliphatic hydroxyl groups excluding tert-OH is 1. The molecule has 1 aromatic heterocycles. The Balaban J connectivity index is 1.43. The van der Waals surface area contributed by atoms with Crippen LogP contribution in [0.2, 0.25) is 0 Å². The first-order valence-corrected chi connectivity index (χ1v) is 9.39. The predicted octanol–water partition coefficient (Wildman–Crippen LogP) is 1.09. The maximum Gasteiger partial charge on any atom is 0.273 e. The fourth-order valence-corrected chi connectivity index (χ4v) is 3.62. The second-order valence-electron chi connectivity index (χ2n) is 7.64. The molecule has 0 bridgehead atoms. The fourth-order valence-electron chi connectivity index (χ4n) is 3.62. The van der Waals surface area contributed by atoms with E-state index in [0.717, 1.165) is 45.4 Å². The molecule has 0 aliphatic carbocycles. The summed E-state index contributed by atoms with van der Waals surface area (Å²) in [5, 5.41) is 16.4. The lowest BCUT2D eigenvalue weighted by molar-refractivity contribution is 0.0748. The van der Waals surface area contributed by atoms with Crippen LogP contribution < -0.4 is 5.32 Å². The van der Waals surface area contributed by atoms with Crippen LogP contribution in [0.1, 0.15) is 49.4 Å². The van der Waals surface area contributed by atoms with Gasteiger partial charge in [0.2, 0.25) is 0 Å². The number of nitrogens with zero attached hydrogens (tertiary/aromatic N) is 3. The van der Waals surface area contributed by atoms with Crippen LogP contribution in [-0.2, 0) is 6.54 Å². The third-order valence-electron chi connectivity index (χ3n) is 5.33. The Labute approximate surface area is 149 Å². The van der Waals surface area contributed by atoms with Crippen LogP contribution in [-0.4, -0.2) is 70.8 Å². The van der Waals surface area contributed by atoms with E-state index in [1.807, 2.05) is 0 Å². The number of hydrogen-bond donors (Lipinski definition) is 2. The molecule has 3 rings (SSSR count). The predicted molar refractivity (Wildman–Crippen MR) is 94.2 cm³/mol. The van der Waals surface area contributed by atoms with Gasteiger partial charge >= 0.3 is 0 Å². The topological polar surface area (TPSA) is 81.8 Å². The molecule has 1 atom stereocenters. The van der Waals surface area contributed by atoms with E-state index in [4.69, 9.17) is 4.52 Å². The van der Waals surface area contributed by atoms with Crippen molar-refractivity contribution in [2.24, 2.45) is 5.92 Å². The zero-order valence-electron chi connectivity index (χ0n) is 15.3. The Hall–Kier alpha value is -1.44. The van der Waals surface area contributed by atoms with E-state index < -0.39 is 0 Å². The zero-order chi connectivity index (χ0) is 17.8. The molecular weight excluding hydrogens is 320 g/mol. The van der Waals surface area contributed by atoms with Crippen molar-refractivity contribution in [1.82, 2.24) is 20.3 Å². The summed E-state index contributed by atoms with van der Waals surface area (Å²) in [5.74, 6) is 1.05. The van der Waals surface area contributed by atoms with Crippen LogP contribution in [0.4, 0.5) is 0 Å². The van der Waals surface area contributed by atoms with E-state index in [1.54, 1.807) is 6.07 Å². The number of aliphatic hydroxyl groups is 1. The van der Waals surface area contributed by atoms with Crippen LogP contribution in [0, 0.1) is 5.92 Å². The maximum atomic E-state index is 12.3. The molecule has 25 heavy (non-hydrogen) atoms. The number of piperidine rings is 1. The normalized spacial score (nSPS) is 23.4. The lowest BCUT2D eigenvalue weighted by atomic mass is 10.1. The Morgan fingerprint density at radius 2 is 2.12 bits per heavy atom. The van der Waals surface area contributed by atoms with Gasteiger partial charge < -0.3 is 19.8 Å². The van der Waals surface area contributed by atoms with Crippen molar-refractivity contribution in [3.05, 3.63) is 17.5 Å². The van der Waals surface area contributed by atoms with Gasteiger partial charge in [0.25, 0.3) is 5.91 Å². The van der Waals surface area contributed by atoms with Crippen LogP contribution >= 0.6 is 0 Å². The number of nitrogens with one attached hydrogen (secondary N) is 1. The van der Waals surface area contributed by atoms with Gasteiger partial charge in [0.15, 0.2) is 11.5 Å². The second kappa shape index (κ2) is 8.29. The highest BCUT2D eigenvalue weighted by Crippen LogP contribution is 2.18. The smallest absolute Gasteiger partial charge is 0.273 e. The molecule has 2 fully saturated rings. The van der Waals surface area contributed by atoms with Crippen LogP contribution in [0.5, 0.6) is 0 Å². The molecule has 2 aliphatic heterocycles. The second-order valence-corrected chi connectivity index (χ2v) is 7.64. The lowest BCUT2D eigenvalue weighted by Gasteiger charge is -2.28. The summed E-state index contributed by atoms with van der Waals surface area (Å²) in [5.41, 5.74) is 0.353. The molecular formula is C18H30N4O3. The van der Waals surface area contributed by atoms with Crippen molar-refractivity contribution in [1.29, 1.82) is 0 Å². The van der Waals surface area contributed by atoms with E-state index in [-0.39, 0.29) is 12.0 Å². The summed E-state index contributed by atoms with van der Waals surface area (Å²) in [6.07, 6.45) is 2.52. The maximum absolute atomic E-state index is 12.3. The fraction of sp³-hybridized carbons (Fsp3) is 0.778. The molecule has 0 saturated carbocycles. The summed E-state index contributed by atoms with van der Waals surface area (Å²) in [6.45, 7) is 9.59. The first-order valence-electron chi connectivity index (χ1n) is 9.39. The highest BCUT2D eigenvalue weighted by atomic mass is 16.5. The Kier molecular flexibility index (Phi) is 6.09. The SMILES string of the molecule is CC(C)N1CC[C@H](CNC(=O)c2cc(CN3CCC(O)CC3)on2)C1. The van der Waals surface area contributed by atoms with Gasteiger partial charge in [-0.3, -0.25) is 9.69 Å². The van der Waals surface area contributed by atoms with Crippen LogP contribution in [0.3, 0.4) is 0 Å².